The van der Waals surface area contributed by atoms with E-state index in [1.54, 1.807) is 6.20 Å². The first-order valence-electron chi connectivity index (χ1n) is 6.84. The minimum absolute atomic E-state index is 0.570. The van der Waals surface area contributed by atoms with Gasteiger partial charge in [0.25, 0.3) is 0 Å². The lowest BCUT2D eigenvalue weighted by molar-refractivity contribution is 0.226. The van der Waals surface area contributed by atoms with Gasteiger partial charge in [0.15, 0.2) is 5.76 Å². The average molecular weight is 292 g/mol. The first-order valence-corrected chi connectivity index (χ1v) is 7.22. The topological polar surface area (TPSA) is 41.3 Å². The Balaban J connectivity index is 1.68. The molecular weight excluding hydrogens is 274 g/mol. The normalized spacial score (nSPS) is 18.9. The van der Waals surface area contributed by atoms with E-state index in [9.17, 15) is 0 Å². The number of hydrogen-bond donors (Lipinski definition) is 1. The molecule has 1 saturated heterocycles. The summed E-state index contributed by atoms with van der Waals surface area (Å²) < 4.78 is 5.82. The molecule has 1 N–H and O–H groups in total. The summed E-state index contributed by atoms with van der Waals surface area (Å²) >= 11 is 5.89. The molecule has 2 heterocycles. The summed E-state index contributed by atoms with van der Waals surface area (Å²) in [5, 5.41) is 4.09. The molecule has 1 unspecified atom stereocenters. The van der Waals surface area contributed by atoms with Crippen LogP contribution >= 0.6 is 11.6 Å². The van der Waals surface area contributed by atoms with E-state index >= 15 is 0 Å². The lowest BCUT2D eigenvalue weighted by atomic mass is 10.2. The van der Waals surface area contributed by atoms with E-state index in [0.29, 0.717) is 6.04 Å². The molecule has 20 heavy (non-hydrogen) atoms. The predicted molar refractivity (Wildman–Crippen MR) is 79.7 cm³/mol. The van der Waals surface area contributed by atoms with E-state index in [2.05, 4.69) is 22.2 Å². The number of nitrogens with zero attached hydrogens (tertiary/aromatic N) is 2. The number of nitrogens with one attached hydrogen (secondary N) is 1. The maximum atomic E-state index is 5.89. The summed E-state index contributed by atoms with van der Waals surface area (Å²) in [5.74, 6) is 1.54. The van der Waals surface area contributed by atoms with Gasteiger partial charge in [-0.2, -0.15) is 0 Å². The van der Waals surface area contributed by atoms with Gasteiger partial charge in [-0.25, -0.2) is 4.98 Å². The van der Waals surface area contributed by atoms with E-state index in [1.807, 2.05) is 24.3 Å². The van der Waals surface area contributed by atoms with Gasteiger partial charge < -0.3 is 9.73 Å². The van der Waals surface area contributed by atoms with Crippen molar-refractivity contribution in [1.29, 1.82) is 0 Å². The Labute approximate surface area is 123 Å². The van der Waals surface area contributed by atoms with E-state index in [-0.39, 0.29) is 0 Å². The average Bonchev–Trinajstić information content (AvgIpc) is 3.10. The molecule has 1 aromatic carbocycles. The van der Waals surface area contributed by atoms with Crippen molar-refractivity contribution >= 4 is 11.6 Å². The Morgan fingerprint density at radius 1 is 1.40 bits per heavy atom. The molecule has 0 amide bonds. The molecule has 4 nitrogen and oxygen atoms in total. The van der Waals surface area contributed by atoms with Crippen molar-refractivity contribution in [3.05, 3.63) is 41.4 Å². The fourth-order valence-electron chi connectivity index (χ4n) is 2.49. The first-order chi connectivity index (χ1) is 9.72. The van der Waals surface area contributed by atoms with Gasteiger partial charge in [-0.05, 0) is 44.3 Å². The molecule has 0 radical (unpaired) electrons. The molecule has 1 aliphatic rings. The van der Waals surface area contributed by atoms with Crippen molar-refractivity contribution < 1.29 is 4.42 Å². The summed E-state index contributed by atoms with van der Waals surface area (Å²) in [7, 11) is 2.11. The lowest BCUT2D eigenvalue weighted by Gasteiger charge is -2.21. The molecule has 0 bridgehead atoms. The number of benzene rings is 1. The van der Waals surface area contributed by atoms with Crippen molar-refractivity contribution in [2.24, 2.45) is 0 Å². The predicted octanol–water partition coefficient (Wildman–Crippen LogP) is 2.79. The van der Waals surface area contributed by atoms with Crippen molar-refractivity contribution in [1.82, 2.24) is 15.2 Å². The zero-order valence-electron chi connectivity index (χ0n) is 11.5. The molecule has 3 rings (SSSR count). The van der Waals surface area contributed by atoms with Gasteiger partial charge in [0, 0.05) is 23.2 Å². The van der Waals surface area contributed by atoms with Crippen LogP contribution in [-0.4, -0.2) is 36.1 Å². The van der Waals surface area contributed by atoms with Crippen molar-refractivity contribution in [2.75, 3.05) is 20.1 Å². The SMILES string of the molecule is CN(Cc1ncc(-c2ccc(Cl)cc2)o1)C1CCNC1. The van der Waals surface area contributed by atoms with Crippen LogP contribution in [0.25, 0.3) is 11.3 Å². The molecule has 0 spiro atoms. The van der Waals surface area contributed by atoms with Gasteiger partial charge >= 0.3 is 0 Å². The Morgan fingerprint density at radius 3 is 2.90 bits per heavy atom. The Kier molecular flexibility index (Phi) is 4.05. The minimum atomic E-state index is 0.570. The van der Waals surface area contributed by atoms with E-state index < -0.39 is 0 Å². The van der Waals surface area contributed by atoms with Gasteiger partial charge in [-0.3, -0.25) is 4.90 Å². The van der Waals surface area contributed by atoms with Gasteiger partial charge in [-0.1, -0.05) is 11.6 Å². The summed E-state index contributed by atoms with van der Waals surface area (Å²) in [6.07, 6.45) is 2.96. The molecule has 1 aliphatic heterocycles. The second-order valence-corrected chi connectivity index (χ2v) is 5.62. The van der Waals surface area contributed by atoms with Crippen molar-refractivity contribution in [3.8, 4) is 11.3 Å². The van der Waals surface area contributed by atoms with Gasteiger partial charge in [0.1, 0.15) is 0 Å². The second kappa shape index (κ2) is 5.95. The van der Waals surface area contributed by atoms with E-state index in [1.165, 1.54) is 6.42 Å². The number of rotatable bonds is 4. The molecule has 1 aromatic heterocycles. The molecule has 2 aromatic rings. The molecule has 0 saturated carbocycles. The first kappa shape index (κ1) is 13.6. The standard InChI is InChI=1S/C15H18ClN3O/c1-19(13-6-7-17-8-13)10-15-18-9-14(20-15)11-2-4-12(16)5-3-11/h2-5,9,13,17H,6-8,10H2,1H3. The summed E-state index contributed by atoms with van der Waals surface area (Å²) in [6.45, 7) is 2.87. The Morgan fingerprint density at radius 2 is 2.20 bits per heavy atom. The van der Waals surface area contributed by atoms with Crippen LogP contribution in [0.2, 0.25) is 5.02 Å². The molecule has 106 valence electrons. The number of oxazole rings is 1. The maximum absolute atomic E-state index is 5.89. The monoisotopic (exact) mass is 291 g/mol. The lowest BCUT2D eigenvalue weighted by Crippen LogP contribution is -2.32. The highest BCUT2D eigenvalue weighted by Gasteiger charge is 2.20. The minimum Gasteiger partial charge on any atom is -0.439 e. The maximum Gasteiger partial charge on any atom is 0.209 e. The zero-order valence-corrected chi connectivity index (χ0v) is 12.2. The highest BCUT2D eigenvalue weighted by atomic mass is 35.5. The third-order valence-corrected chi connectivity index (χ3v) is 3.98. The van der Waals surface area contributed by atoms with Crippen LogP contribution < -0.4 is 5.32 Å². The number of hydrogen-bond acceptors (Lipinski definition) is 4. The Bertz CT molecular complexity index is 561. The highest BCUT2D eigenvalue weighted by molar-refractivity contribution is 6.30. The van der Waals surface area contributed by atoms with Crippen molar-refractivity contribution in [3.63, 3.8) is 0 Å². The van der Waals surface area contributed by atoms with Gasteiger partial charge in [0.05, 0.1) is 12.7 Å². The van der Waals surface area contributed by atoms with Crippen LogP contribution in [0.15, 0.2) is 34.9 Å². The summed E-state index contributed by atoms with van der Waals surface area (Å²) in [6, 6.07) is 8.17. The summed E-state index contributed by atoms with van der Waals surface area (Å²) in [5.41, 5.74) is 0.998. The third kappa shape index (κ3) is 3.03. The number of aromatic nitrogens is 1. The molecule has 1 fully saturated rings. The second-order valence-electron chi connectivity index (χ2n) is 5.19. The van der Waals surface area contributed by atoms with Crippen LogP contribution in [0.5, 0.6) is 0 Å². The molecular formula is C15H18ClN3O. The number of halogens is 1. The van der Waals surface area contributed by atoms with Crippen LogP contribution in [0.4, 0.5) is 0 Å². The fraction of sp³-hybridized carbons (Fsp3) is 0.400. The number of likely N-dealkylation sites (N-methyl/N-ethyl adjacent to an activating group) is 1. The van der Waals surface area contributed by atoms with Crippen molar-refractivity contribution in [2.45, 2.75) is 19.0 Å². The van der Waals surface area contributed by atoms with Crippen LogP contribution in [0.3, 0.4) is 0 Å². The highest BCUT2D eigenvalue weighted by Crippen LogP contribution is 2.23. The van der Waals surface area contributed by atoms with Crippen LogP contribution in [0.1, 0.15) is 12.3 Å². The molecule has 0 aliphatic carbocycles. The zero-order chi connectivity index (χ0) is 13.9. The van der Waals surface area contributed by atoms with Crippen LogP contribution in [-0.2, 0) is 6.54 Å². The largest absolute Gasteiger partial charge is 0.439 e. The van der Waals surface area contributed by atoms with Gasteiger partial charge in [-0.15, -0.1) is 0 Å². The third-order valence-electron chi connectivity index (χ3n) is 3.72. The Hall–Kier alpha value is -1.36. The van der Waals surface area contributed by atoms with E-state index in [4.69, 9.17) is 16.0 Å². The van der Waals surface area contributed by atoms with Gasteiger partial charge in [0.2, 0.25) is 5.89 Å². The fourth-order valence-corrected chi connectivity index (χ4v) is 2.62. The summed E-state index contributed by atoms with van der Waals surface area (Å²) in [4.78, 5) is 6.65. The quantitative estimate of drug-likeness (QED) is 0.940. The molecule has 5 heteroatoms. The molecule has 1 atom stereocenters. The van der Waals surface area contributed by atoms with Crippen LogP contribution in [0, 0.1) is 0 Å². The van der Waals surface area contributed by atoms with E-state index in [0.717, 1.165) is 41.9 Å². The smallest absolute Gasteiger partial charge is 0.209 e.